The zero-order valence-electron chi connectivity index (χ0n) is 11.9. The number of aliphatic hydroxyl groups excluding tert-OH is 1. The number of aliphatic hydroxyl groups is 1. The average Bonchev–Trinajstić information content (AvgIpc) is 2.47. The van der Waals surface area contributed by atoms with Crippen LogP contribution >= 0.6 is 0 Å². The zero-order valence-corrected chi connectivity index (χ0v) is 11.9. The largest absolute Gasteiger partial charge is 0.394 e. The fourth-order valence-electron chi connectivity index (χ4n) is 3.19. The molecule has 0 spiro atoms. The number of piperidine rings is 1. The van der Waals surface area contributed by atoms with Crippen molar-refractivity contribution in [2.75, 3.05) is 52.6 Å². The number of ether oxygens (including phenoxy) is 2. The van der Waals surface area contributed by atoms with Gasteiger partial charge in [0.2, 0.25) is 0 Å². The summed E-state index contributed by atoms with van der Waals surface area (Å²) in [7, 11) is 0. The van der Waals surface area contributed by atoms with Gasteiger partial charge in [-0.05, 0) is 25.7 Å². The molecule has 0 radical (unpaired) electrons. The molecule has 2 aliphatic rings. The number of nitrogens with two attached hydrogens (primary N) is 1. The molecule has 19 heavy (non-hydrogen) atoms. The second kappa shape index (κ2) is 7.55. The van der Waals surface area contributed by atoms with Crippen LogP contribution in [0.3, 0.4) is 0 Å². The maximum absolute atomic E-state index is 8.77. The first-order valence-electron chi connectivity index (χ1n) is 7.51. The van der Waals surface area contributed by atoms with Gasteiger partial charge in [-0.25, -0.2) is 0 Å². The summed E-state index contributed by atoms with van der Waals surface area (Å²) in [6.07, 6.45) is 4.75. The standard InChI is InChI=1S/C14H28N2O3/c15-10-14(4-1-8-18-12-14)11-16-5-2-13(3-6-16)19-9-7-17/h13,17H,1-12,15H2. The molecule has 2 fully saturated rings. The van der Waals surface area contributed by atoms with Crippen LogP contribution in [-0.4, -0.2) is 68.7 Å². The maximum atomic E-state index is 8.77. The molecule has 5 heteroatoms. The van der Waals surface area contributed by atoms with Crippen LogP contribution in [0.5, 0.6) is 0 Å². The van der Waals surface area contributed by atoms with Gasteiger partial charge in [0.05, 0.1) is 25.9 Å². The van der Waals surface area contributed by atoms with Gasteiger partial charge in [-0.3, -0.25) is 0 Å². The third kappa shape index (κ3) is 4.39. The quantitative estimate of drug-likeness (QED) is 0.724. The number of hydrogen-bond acceptors (Lipinski definition) is 5. The Labute approximate surface area is 116 Å². The molecule has 0 aromatic rings. The molecule has 112 valence electrons. The number of hydrogen-bond donors (Lipinski definition) is 2. The summed E-state index contributed by atoms with van der Waals surface area (Å²) >= 11 is 0. The monoisotopic (exact) mass is 272 g/mol. The SMILES string of the molecule is NCC1(CN2CCC(OCCO)CC2)CCCOC1. The molecule has 1 atom stereocenters. The highest BCUT2D eigenvalue weighted by Gasteiger charge is 2.34. The van der Waals surface area contributed by atoms with E-state index in [1.54, 1.807) is 0 Å². The van der Waals surface area contributed by atoms with Gasteiger partial charge in [0.15, 0.2) is 0 Å². The molecular formula is C14H28N2O3. The van der Waals surface area contributed by atoms with Crippen LogP contribution in [0.15, 0.2) is 0 Å². The first kappa shape index (κ1) is 15.2. The summed E-state index contributed by atoms with van der Waals surface area (Å²) in [6.45, 7) is 6.18. The van der Waals surface area contributed by atoms with E-state index in [1.807, 2.05) is 0 Å². The lowest BCUT2D eigenvalue weighted by atomic mass is 9.81. The molecule has 0 aromatic heterocycles. The number of likely N-dealkylation sites (tertiary alicyclic amines) is 1. The normalized spacial score (nSPS) is 30.6. The van der Waals surface area contributed by atoms with Crippen LogP contribution < -0.4 is 5.73 Å². The van der Waals surface area contributed by atoms with Crippen LogP contribution in [0.25, 0.3) is 0 Å². The molecule has 2 heterocycles. The lowest BCUT2D eigenvalue weighted by Gasteiger charge is -2.42. The van der Waals surface area contributed by atoms with E-state index in [4.69, 9.17) is 20.3 Å². The van der Waals surface area contributed by atoms with E-state index < -0.39 is 0 Å². The fourth-order valence-corrected chi connectivity index (χ4v) is 3.19. The molecule has 5 nitrogen and oxygen atoms in total. The Hall–Kier alpha value is -0.200. The van der Waals surface area contributed by atoms with E-state index >= 15 is 0 Å². The van der Waals surface area contributed by atoms with Crippen LogP contribution in [0.1, 0.15) is 25.7 Å². The van der Waals surface area contributed by atoms with Crippen molar-refractivity contribution in [2.24, 2.45) is 11.1 Å². The minimum atomic E-state index is 0.119. The molecule has 1 unspecified atom stereocenters. The van der Waals surface area contributed by atoms with Crippen molar-refractivity contribution in [2.45, 2.75) is 31.8 Å². The number of rotatable bonds is 6. The number of nitrogens with zero attached hydrogens (tertiary/aromatic N) is 1. The Bertz CT molecular complexity index is 249. The molecule has 2 saturated heterocycles. The Morgan fingerprint density at radius 3 is 2.74 bits per heavy atom. The van der Waals surface area contributed by atoms with Crippen LogP contribution in [0, 0.1) is 5.41 Å². The van der Waals surface area contributed by atoms with Gasteiger partial charge >= 0.3 is 0 Å². The van der Waals surface area contributed by atoms with Gasteiger partial charge in [0.25, 0.3) is 0 Å². The summed E-state index contributed by atoms with van der Waals surface area (Å²) in [5, 5.41) is 8.77. The second-order valence-corrected chi connectivity index (χ2v) is 5.93. The molecular weight excluding hydrogens is 244 g/mol. The van der Waals surface area contributed by atoms with Gasteiger partial charge < -0.3 is 25.2 Å². The van der Waals surface area contributed by atoms with Crippen LogP contribution in [-0.2, 0) is 9.47 Å². The summed E-state index contributed by atoms with van der Waals surface area (Å²) in [4.78, 5) is 2.50. The van der Waals surface area contributed by atoms with Gasteiger partial charge in [-0.2, -0.15) is 0 Å². The van der Waals surface area contributed by atoms with Crippen molar-refractivity contribution in [1.29, 1.82) is 0 Å². The van der Waals surface area contributed by atoms with Crippen molar-refractivity contribution in [3.63, 3.8) is 0 Å². The van der Waals surface area contributed by atoms with Gasteiger partial charge in [0.1, 0.15) is 0 Å². The molecule has 2 rings (SSSR count). The zero-order chi connectivity index (χ0) is 13.6. The minimum absolute atomic E-state index is 0.119. The van der Waals surface area contributed by atoms with Crippen LogP contribution in [0.4, 0.5) is 0 Å². The fraction of sp³-hybridized carbons (Fsp3) is 1.00. The van der Waals surface area contributed by atoms with Gasteiger partial charge in [-0.1, -0.05) is 0 Å². The third-order valence-electron chi connectivity index (χ3n) is 4.38. The van der Waals surface area contributed by atoms with Crippen molar-refractivity contribution in [3.05, 3.63) is 0 Å². The van der Waals surface area contributed by atoms with E-state index in [2.05, 4.69) is 4.90 Å². The summed E-state index contributed by atoms with van der Waals surface area (Å²) < 4.78 is 11.2. The Morgan fingerprint density at radius 1 is 1.37 bits per heavy atom. The van der Waals surface area contributed by atoms with Gasteiger partial charge in [-0.15, -0.1) is 0 Å². The molecule has 2 aliphatic heterocycles. The topological polar surface area (TPSA) is 68.0 Å². The molecule has 0 aliphatic carbocycles. The maximum Gasteiger partial charge on any atom is 0.0701 e. The van der Waals surface area contributed by atoms with Crippen LogP contribution in [0.2, 0.25) is 0 Å². The second-order valence-electron chi connectivity index (χ2n) is 5.93. The molecule has 0 aromatic carbocycles. The predicted molar refractivity (Wildman–Crippen MR) is 74.0 cm³/mol. The van der Waals surface area contributed by atoms with Crippen molar-refractivity contribution in [1.82, 2.24) is 4.90 Å². The Kier molecular flexibility index (Phi) is 6.04. The summed E-state index contributed by atoms with van der Waals surface area (Å²) in [5.74, 6) is 0. The minimum Gasteiger partial charge on any atom is -0.394 e. The van der Waals surface area contributed by atoms with Crippen molar-refractivity contribution in [3.8, 4) is 0 Å². The summed E-state index contributed by atoms with van der Waals surface area (Å²) in [6, 6.07) is 0. The molecule has 0 saturated carbocycles. The van der Waals surface area contributed by atoms with E-state index in [-0.39, 0.29) is 12.0 Å². The third-order valence-corrected chi connectivity index (χ3v) is 4.38. The lowest BCUT2D eigenvalue weighted by molar-refractivity contribution is -0.0436. The first-order chi connectivity index (χ1) is 9.28. The first-order valence-corrected chi connectivity index (χ1v) is 7.51. The molecule has 3 N–H and O–H groups in total. The van der Waals surface area contributed by atoms with E-state index in [1.165, 1.54) is 6.42 Å². The van der Waals surface area contributed by atoms with E-state index in [9.17, 15) is 0 Å². The molecule has 0 amide bonds. The van der Waals surface area contributed by atoms with Gasteiger partial charge in [0, 0.05) is 38.2 Å². The molecule has 0 bridgehead atoms. The lowest BCUT2D eigenvalue weighted by Crippen LogP contribution is -2.50. The highest BCUT2D eigenvalue weighted by molar-refractivity contribution is 4.87. The van der Waals surface area contributed by atoms with Crippen molar-refractivity contribution < 1.29 is 14.6 Å². The predicted octanol–water partition coefficient (Wildman–Crippen LogP) is 0.215. The van der Waals surface area contributed by atoms with Crippen molar-refractivity contribution >= 4 is 0 Å². The average molecular weight is 272 g/mol. The Morgan fingerprint density at radius 2 is 2.16 bits per heavy atom. The van der Waals surface area contributed by atoms with E-state index in [0.29, 0.717) is 19.3 Å². The highest BCUT2D eigenvalue weighted by atomic mass is 16.5. The van der Waals surface area contributed by atoms with E-state index in [0.717, 1.165) is 52.1 Å². The highest BCUT2D eigenvalue weighted by Crippen LogP contribution is 2.29. The smallest absolute Gasteiger partial charge is 0.0701 e. The summed E-state index contributed by atoms with van der Waals surface area (Å²) in [5.41, 5.74) is 6.15. The Balaban J connectivity index is 1.74.